The van der Waals surface area contributed by atoms with Crippen LogP contribution in [0.2, 0.25) is 0 Å². The van der Waals surface area contributed by atoms with Gasteiger partial charge in [-0.1, -0.05) is 6.92 Å². The second-order valence-electron chi connectivity index (χ2n) is 5.05. The van der Waals surface area contributed by atoms with E-state index in [1.165, 1.54) is 12.8 Å². The van der Waals surface area contributed by atoms with Crippen molar-refractivity contribution in [3.05, 3.63) is 29.8 Å². The quantitative estimate of drug-likeness (QED) is 0.849. The molecule has 19 heavy (non-hydrogen) atoms. The molecule has 1 aliphatic rings. The van der Waals surface area contributed by atoms with Crippen LogP contribution in [0, 0.1) is 5.92 Å². The Bertz CT molecular complexity index is 466. The lowest BCUT2D eigenvalue weighted by Gasteiger charge is -2.18. The van der Waals surface area contributed by atoms with E-state index in [2.05, 4.69) is 17.5 Å². The van der Waals surface area contributed by atoms with Crippen LogP contribution in [0.4, 0.5) is 0 Å². The number of methoxy groups -OCH3 is 1. The molecule has 4 nitrogen and oxygen atoms in total. The maximum atomic E-state index is 11.9. The lowest BCUT2D eigenvalue weighted by Crippen LogP contribution is -2.22. The van der Waals surface area contributed by atoms with Gasteiger partial charge in [-0.2, -0.15) is 5.10 Å². The molecule has 1 aliphatic carbocycles. The van der Waals surface area contributed by atoms with E-state index in [-0.39, 0.29) is 5.91 Å². The zero-order chi connectivity index (χ0) is 13.7. The zero-order valence-electron chi connectivity index (χ0n) is 11.5. The van der Waals surface area contributed by atoms with Gasteiger partial charge in [0.05, 0.1) is 7.11 Å². The summed E-state index contributed by atoms with van der Waals surface area (Å²) in [7, 11) is 1.60. The van der Waals surface area contributed by atoms with E-state index in [9.17, 15) is 4.79 Å². The molecule has 0 heterocycles. The van der Waals surface area contributed by atoms with Gasteiger partial charge in [-0.05, 0) is 55.9 Å². The zero-order valence-corrected chi connectivity index (χ0v) is 11.5. The molecule has 0 saturated heterocycles. The van der Waals surface area contributed by atoms with Crippen LogP contribution in [0.3, 0.4) is 0 Å². The summed E-state index contributed by atoms with van der Waals surface area (Å²) >= 11 is 0. The van der Waals surface area contributed by atoms with Crippen molar-refractivity contribution >= 4 is 11.6 Å². The number of rotatable bonds is 3. The molecule has 0 unspecified atom stereocenters. The monoisotopic (exact) mass is 260 g/mol. The van der Waals surface area contributed by atoms with E-state index in [0.717, 1.165) is 24.3 Å². The fourth-order valence-corrected chi connectivity index (χ4v) is 2.30. The van der Waals surface area contributed by atoms with Gasteiger partial charge in [-0.15, -0.1) is 0 Å². The van der Waals surface area contributed by atoms with Gasteiger partial charge in [0.2, 0.25) is 0 Å². The molecule has 2 rings (SSSR count). The highest BCUT2D eigenvalue weighted by Crippen LogP contribution is 2.21. The summed E-state index contributed by atoms with van der Waals surface area (Å²) < 4.78 is 5.06. The Kier molecular flexibility index (Phi) is 4.55. The van der Waals surface area contributed by atoms with E-state index in [1.807, 2.05) is 0 Å². The van der Waals surface area contributed by atoms with Crippen molar-refractivity contribution in [1.82, 2.24) is 5.43 Å². The Morgan fingerprint density at radius 1 is 1.37 bits per heavy atom. The number of nitrogens with zero attached hydrogens (tertiary/aromatic N) is 1. The van der Waals surface area contributed by atoms with Crippen molar-refractivity contribution < 1.29 is 9.53 Å². The lowest BCUT2D eigenvalue weighted by atomic mass is 9.89. The minimum atomic E-state index is -0.173. The summed E-state index contributed by atoms with van der Waals surface area (Å²) in [5.41, 5.74) is 4.32. The molecule has 1 aromatic rings. The summed E-state index contributed by atoms with van der Waals surface area (Å²) in [5, 5.41) is 4.24. The topological polar surface area (TPSA) is 50.7 Å². The summed E-state index contributed by atoms with van der Waals surface area (Å²) in [6.07, 6.45) is 4.40. The van der Waals surface area contributed by atoms with Crippen LogP contribution >= 0.6 is 0 Å². The number of benzene rings is 1. The molecule has 1 amide bonds. The molecule has 0 radical (unpaired) electrons. The molecule has 1 aromatic carbocycles. The molecular formula is C15H20N2O2. The smallest absolute Gasteiger partial charge is 0.271 e. The van der Waals surface area contributed by atoms with Gasteiger partial charge in [0.1, 0.15) is 5.75 Å². The van der Waals surface area contributed by atoms with Crippen LogP contribution in [-0.4, -0.2) is 18.7 Å². The predicted molar refractivity (Wildman–Crippen MR) is 75.5 cm³/mol. The second-order valence-corrected chi connectivity index (χ2v) is 5.05. The number of hydrogen-bond donors (Lipinski definition) is 1. The molecule has 1 N–H and O–H groups in total. The molecule has 0 bridgehead atoms. The fraction of sp³-hybridized carbons (Fsp3) is 0.467. The first-order chi connectivity index (χ1) is 9.19. The van der Waals surface area contributed by atoms with Crippen LogP contribution < -0.4 is 10.2 Å². The largest absolute Gasteiger partial charge is 0.497 e. The van der Waals surface area contributed by atoms with Gasteiger partial charge in [-0.25, -0.2) is 5.43 Å². The number of nitrogens with one attached hydrogen (secondary N) is 1. The van der Waals surface area contributed by atoms with Gasteiger partial charge in [0.15, 0.2) is 0 Å². The van der Waals surface area contributed by atoms with E-state index in [1.54, 1.807) is 31.4 Å². The number of amides is 1. The molecule has 1 fully saturated rings. The van der Waals surface area contributed by atoms with Gasteiger partial charge in [-0.3, -0.25) is 4.79 Å². The van der Waals surface area contributed by atoms with Crippen LogP contribution in [0.5, 0.6) is 5.75 Å². The Morgan fingerprint density at radius 2 is 2.11 bits per heavy atom. The van der Waals surface area contributed by atoms with Gasteiger partial charge >= 0.3 is 0 Å². The second kappa shape index (κ2) is 6.36. The average Bonchev–Trinajstić information content (AvgIpc) is 2.45. The highest BCUT2D eigenvalue weighted by atomic mass is 16.5. The van der Waals surface area contributed by atoms with Gasteiger partial charge in [0, 0.05) is 11.3 Å². The maximum Gasteiger partial charge on any atom is 0.271 e. The Labute approximate surface area is 113 Å². The minimum absolute atomic E-state index is 0.173. The first kappa shape index (κ1) is 13.6. The third-order valence-electron chi connectivity index (χ3n) is 3.41. The standard InChI is InChI=1S/C15H20N2O2/c1-11-4-3-5-13(10-11)16-17-15(18)12-6-8-14(19-2)9-7-12/h6-9,11H,3-5,10H2,1-2H3,(H,17,18)/b16-13+/t11-/m1/s1. The first-order valence-electron chi connectivity index (χ1n) is 6.69. The molecular weight excluding hydrogens is 240 g/mol. The molecule has 0 aliphatic heterocycles. The number of ether oxygens (including phenoxy) is 1. The average molecular weight is 260 g/mol. The summed E-state index contributed by atoms with van der Waals surface area (Å²) in [6.45, 7) is 2.22. The van der Waals surface area contributed by atoms with Crippen molar-refractivity contribution in [1.29, 1.82) is 0 Å². The van der Waals surface area contributed by atoms with E-state index >= 15 is 0 Å². The van der Waals surface area contributed by atoms with Crippen molar-refractivity contribution in [2.45, 2.75) is 32.6 Å². The number of carbonyl (C=O) groups is 1. The Hall–Kier alpha value is -1.84. The van der Waals surface area contributed by atoms with Crippen molar-refractivity contribution in [2.75, 3.05) is 7.11 Å². The highest BCUT2D eigenvalue weighted by Gasteiger charge is 2.14. The number of carbonyl (C=O) groups excluding carboxylic acids is 1. The Morgan fingerprint density at radius 3 is 2.74 bits per heavy atom. The van der Waals surface area contributed by atoms with E-state index in [4.69, 9.17) is 4.74 Å². The minimum Gasteiger partial charge on any atom is -0.497 e. The molecule has 1 saturated carbocycles. The fourth-order valence-electron chi connectivity index (χ4n) is 2.30. The van der Waals surface area contributed by atoms with Gasteiger partial charge in [0.25, 0.3) is 5.91 Å². The van der Waals surface area contributed by atoms with E-state index < -0.39 is 0 Å². The van der Waals surface area contributed by atoms with Crippen LogP contribution in [0.15, 0.2) is 29.4 Å². The molecule has 102 valence electrons. The third-order valence-corrected chi connectivity index (χ3v) is 3.41. The van der Waals surface area contributed by atoms with Crippen LogP contribution in [-0.2, 0) is 0 Å². The van der Waals surface area contributed by atoms with Crippen molar-refractivity contribution in [3.8, 4) is 5.75 Å². The molecule has 0 aromatic heterocycles. The number of hydrogen-bond acceptors (Lipinski definition) is 3. The first-order valence-corrected chi connectivity index (χ1v) is 6.69. The van der Waals surface area contributed by atoms with Gasteiger partial charge < -0.3 is 4.74 Å². The molecule has 0 spiro atoms. The third kappa shape index (κ3) is 3.81. The molecule has 4 heteroatoms. The summed E-state index contributed by atoms with van der Waals surface area (Å²) in [6, 6.07) is 7.01. The van der Waals surface area contributed by atoms with Crippen molar-refractivity contribution in [3.63, 3.8) is 0 Å². The maximum absolute atomic E-state index is 11.9. The molecule has 1 atom stereocenters. The summed E-state index contributed by atoms with van der Waals surface area (Å²) in [4.78, 5) is 11.9. The normalized spacial score (nSPS) is 21.2. The van der Waals surface area contributed by atoms with E-state index in [0.29, 0.717) is 11.5 Å². The SMILES string of the molecule is COc1ccc(C(=O)N/N=C2\CCC[C@@H](C)C2)cc1. The summed E-state index contributed by atoms with van der Waals surface area (Å²) in [5.74, 6) is 1.24. The Balaban J connectivity index is 1.94. The van der Waals surface area contributed by atoms with Crippen LogP contribution in [0.25, 0.3) is 0 Å². The number of hydrazone groups is 1. The lowest BCUT2D eigenvalue weighted by molar-refractivity contribution is 0.0954. The predicted octanol–water partition coefficient (Wildman–Crippen LogP) is 2.99. The van der Waals surface area contributed by atoms with Crippen LogP contribution in [0.1, 0.15) is 43.0 Å². The highest BCUT2D eigenvalue weighted by molar-refractivity contribution is 5.95. The van der Waals surface area contributed by atoms with Crippen molar-refractivity contribution in [2.24, 2.45) is 11.0 Å².